The van der Waals surface area contributed by atoms with E-state index in [4.69, 9.17) is 4.42 Å². The minimum Gasteiger partial charge on any atom is -0.456 e. The van der Waals surface area contributed by atoms with E-state index in [2.05, 4.69) is 170 Å². The summed E-state index contributed by atoms with van der Waals surface area (Å²) in [6.45, 7) is 0. The van der Waals surface area contributed by atoms with Gasteiger partial charge in [0.2, 0.25) is 0 Å². The van der Waals surface area contributed by atoms with E-state index in [1.54, 1.807) is 0 Å². The van der Waals surface area contributed by atoms with Crippen molar-refractivity contribution in [3.8, 4) is 44.5 Å². The third-order valence-corrected chi connectivity index (χ3v) is 9.85. The first-order chi connectivity index (χ1) is 23.3. The third kappa shape index (κ3) is 3.90. The SMILES string of the molecule is c1ccc(-c2ccc(-c3ccccc3)c(-c3c4ccccc4c(-c4ccc5oc6cccc7ccc4c5c76)c4ccccc34)c2)cc1. The molecule has 0 radical (unpaired) electrons. The highest BCUT2D eigenvalue weighted by Gasteiger charge is 2.22. The summed E-state index contributed by atoms with van der Waals surface area (Å²) < 4.78 is 6.36. The molecule has 0 atom stereocenters. The van der Waals surface area contributed by atoms with Crippen molar-refractivity contribution in [1.29, 1.82) is 0 Å². The van der Waals surface area contributed by atoms with Gasteiger partial charge in [-0.2, -0.15) is 0 Å². The first kappa shape index (κ1) is 26.1. The van der Waals surface area contributed by atoms with Gasteiger partial charge < -0.3 is 4.42 Å². The molecule has 0 aliphatic rings. The molecular weight excluding hydrogens is 569 g/mol. The largest absolute Gasteiger partial charge is 0.456 e. The van der Waals surface area contributed by atoms with E-state index in [0.717, 1.165) is 11.2 Å². The number of fused-ring (bicyclic) bond motifs is 2. The van der Waals surface area contributed by atoms with Gasteiger partial charge in [0.1, 0.15) is 11.2 Å². The second-order valence-corrected chi connectivity index (χ2v) is 12.4. The Labute approximate surface area is 272 Å². The van der Waals surface area contributed by atoms with Gasteiger partial charge in [-0.05, 0) is 101 Å². The number of furan rings is 1. The topological polar surface area (TPSA) is 13.1 Å². The van der Waals surface area contributed by atoms with Gasteiger partial charge >= 0.3 is 0 Å². The van der Waals surface area contributed by atoms with Crippen LogP contribution in [0.5, 0.6) is 0 Å². The smallest absolute Gasteiger partial charge is 0.136 e. The van der Waals surface area contributed by atoms with Crippen molar-refractivity contribution < 1.29 is 4.42 Å². The summed E-state index contributed by atoms with van der Waals surface area (Å²) in [4.78, 5) is 0. The summed E-state index contributed by atoms with van der Waals surface area (Å²) >= 11 is 0. The molecule has 0 saturated heterocycles. The number of hydrogen-bond donors (Lipinski definition) is 0. The molecular formula is C46H28O. The molecule has 0 unspecified atom stereocenters. The summed E-state index contributed by atoms with van der Waals surface area (Å²) in [5.41, 5.74) is 11.7. The third-order valence-electron chi connectivity index (χ3n) is 9.85. The van der Waals surface area contributed by atoms with Crippen LogP contribution in [0.25, 0.3) is 98.8 Å². The van der Waals surface area contributed by atoms with Crippen molar-refractivity contribution in [2.75, 3.05) is 0 Å². The lowest BCUT2D eigenvalue weighted by Gasteiger charge is -2.21. The monoisotopic (exact) mass is 596 g/mol. The molecule has 0 N–H and O–H groups in total. The minimum atomic E-state index is 0.936. The summed E-state index contributed by atoms with van der Waals surface area (Å²) in [6, 6.07) is 61.6. The molecule has 0 aliphatic carbocycles. The maximum Gasteiger partial charge on any atom is 0.136 e. The van der Waals surface area contributed by atoms with E-state index in [9.17, 15) is 0 Å². The van der Waals surface area contributed by atoms with Crippen LogP contribution >= 0.6 is 0 Å². The Kier molecular flexibility index (Phi) is 5.64. The molecule has 0 spiro atoms. The predicted octanol–water partition coefficient (Wildman–Crippen LogP) is 13.2. The first-order valence-corrected chi connectivity index (χ1v) is 16.2. The molecule has 0 bridgehead atoms. The van der Waals surface area contributed by atoms with Crippen LogP contribution in [-0.2, 0) is 0 Å². The normalized spacial score (nSPS) is 11.8. The van der Waals surface area contributed by atoms with Gasteiger partial charge in [0, 0.05) is 10.8 Å². The van der Waals surface area contributed by atoms with Crippen LogP contribution in [0.4, 0.5) is 0 Å². The molecule has 10 rings (SSSR count). The molecule has 1 nitrogen and oxygen atoms in total. The maximum absolute atomic E-state index is 6.36. The molecule has 0 fully saturated rings. The zero-order valence-corrected chi connectivity index (χ0v) is 25.6. The van der Waals surface area contributed by atoms with Crippen molar-refractivity contribution in [3.05, 3.63) is 170 Å². The van der Waals surface area contributed by atoms with Crippen molar-refractivity contribution in [3.63, 3.8) is 0 Å². The lowest BCUT2D eigenvalue weighted by atomic mass is 9.82. The molecule has 0 amide bonds. The van der Waals surface area contributed by atoms with Crippen molar-refractivity contribution in [2.45, 2.75) is 0 Å². The Bertz CT molecular complexity index is 2710. The van der Waals surface area contributed by atoms with E-state index in [0.29, 0.717) is 0 Å². The fourth-order valence-corrected chi connectivity index (χ4v) is 7.80. The van der Waals surface area contributed by atoms with Crippen molar-refractivity contribution >= 4 is 54.3 Å². The van der Waals surface area contributed by atoms with Crippen LogP contribution < -0.4 is 0 Å². The zero-order valence-electron chi connectivity index (χ0n) is 25.6. The van der Waals surface area contributed by atoms with Crippen molar-refractivity contribution in [2.24, 2.45) is 0 Å². The van der Waals surface area contributed by atoms with Crippen LogP contribution in [0.1, 0.15) is 0 Å². The van der Waals surface area contributed by atoms with E-state index in [1.165, 1.54) is 87.6 Å². The predicted molar refractivity (Wildman–Crippen MR) is 199 cm³/mol. The summed E-state index contributed by atoms with van der Waals surface area (Å²) in [5.74, 6) is 0. The molecule has 9 aromatic carbocycles. The molecule has 1 heteroatoms. The highest BCUT2D eigenvalue weighted by Crippen LogP contribution is 2.49. The highest BCUT2D eigenvalue weighted by atomic mass is 16.3. The summed E-state index contributed by atoms with van der Waals surface area (Å²) in [7, 11) is 0. The number of hydrogen-bond acceptors (Lipinski definition) is 1. The van der Waals surface area contributed by atoms with E-state index >= 15 is 0 Å². The number of benzene rings is 9. The Morgan fingerprint density at radius 3 is 1.55 bits per heavy atom. The maximum atomic E-state index is 6.36. The average molecular weight is 597 g/mol. The van der Waals surface area contributed by atoms with E-state index < -0.39 is 0 Å². The van der Waals surface area contributed by atoms with Gasteiger partial charge in [-0.25, -0.2) is 0 Å². The van der Waals surface area contributed by atoms with Gasteiger partial charge in [-0.1, -0.05) is 146 Å². The van der Waals surface area contributed by atoms with Gasteiger partial charge in [-0.15, -0.1) is 0 Å². The Morgan fingerprint density at radius 2 is 0.872 bits per heavy atom. The fraction of sp³-hybridized carbons (Fsp3) is 0. The summed E-state index contributed by atoms with van der Waals surface area (Å²) in [5, 5.41) is 9.82. The van der Waals surface area contributed by atoms with Crippen molar-refractivity contribution in [1.82, 2.24) is 0 Å². The number of rotatable bonds is 4. The second kappa shape index (κ2) is 10.2. The lowest BCUT2D eigenvalue weighted by Crippen LogP contribution is -1.94. The Hall–Kier alpha value is -6.18. The quantitative estimate of drug-likeness (QED) is 0.145. The Balaban J connectivity index is 1.34. The molecule has 218 valence electrons. The Morgan fingerprint density at radius 1 is 0.298 bits per heavy atom. The van der Waals surface area contributed by atoms with Crippen LogP contribution in [0.15, 0.2) is 174 Å². The first-order valence-electron chi connectivity index (χ1n) is 16.2. The molecule has 0 aliphatic heterocycles. The highest BCUT2D eigenvalue weighted by molar-refractivity contribution is 6.29. The van der Waals surface area contributed by atoms with Crippen LogP contribution in [-0.4, -0.2) is 0 Å². The fourth-order valence-electron chi connectivity index (χ4n) is 7.80. The second-order valence-electron chi connectivity index (χ2n) is 12.4. The van der Waals surface area contributed by atoms with Gasteiger partial charge in [-0.3, -0.25) is 0 Å². The average Bonchev–Trinajstić information content (AvgIpc) is 3.53. The lowest BCUT2D eigenvalue weighted by molar-refractivity contribution is 0.669. The van der Waals surface area contributed by atoms with Gasteiger partial charge in [0.15, 0.2) is 0 Å². The van der Waals surface area contributed by atoms with Crippen LogP contribution in [0.3, 0.4) is 0 Å². The molecule has 1 heterocycles. The standard InChI is InChI=1S/C46H28O/c1-3-12-29(13-4-1)32-23-24-33(30-14-5-2-6-15-30)40(28-32)45-36-19-9-7-17-34(36)44(35-18-8-10-20-37(35)45)38-26-27-42-46-39(38)25-22-31-16-11-21-41(47-42)43(31)46/h1-28H. The van der Waals surface area contributed by atoms with E-state index in [1.807, 2.05) is 0 Å². The molecule has 10 aromatic rings. The van der Waals surface area contributed by atoms with Crippen LogP contribution in [0.2, 0.25) is 0 Å². The van der Waals surface area contributed by atoms with Crippen LogP contribution in [0, 0.1) is 0 Å². The van der Waals surface area contributed by atoms with E-state index in [-0.39, 0.29) is 0 Å². The minimum absolute atomic E-state index is 0.936. The summed E-state index contributed by atoms with van der Waals surface area (Å²) in [6.07, 6.45) is 0. The molecule has 47 heavy (non-hydrogen) atoms. The molecule has 1 aromatic heterocycles. The molecule has 0 saturated carbocycles. The van der Waals surface area contributed by atoms with Gasteiger partial charge in [0.05, 0.1) is 0 Å². The van der Waals surface area contributed by atoms with Gasteiger partial charge in [0.25, 0.3) is 0 Å². The zero-order chi connectivity index (χ0) is 30.9.